The molecule has 0 saturated carbocycles. The van der Waals surface area contributed by atoms with Crippen LogP contribution in [0.3, 0.4) is 0 Å². The molecule has 0 aliphatic rings. The number of nitrogens with zero attached hydrogens (tertiary/aromatic N) is 2. The first kappa shape index (κ1) is 19.4. The molecular weight excluding hydrogens is 382 g/mol. The molecule has 0 saturated heterocycles. The number of ketones is 1. The van der Waals surface area contributed by atoms with E-state index >= 15 is 0 Å². The smallest absolute Gasteiger partial charge is 0.205 e. The molecule has 0 radical (unpaired) electrons. The number of hydrogen-bond acceptors (Lipinski definition) is 3. The maximum Gasteiger partial charge on any atom is 0.205 e. The molecule has 0 fully saturated rings. The number of Topliss-reactive ketones (excluding diaryl/α,β-unsaturated/α-hetero) is 1. The van der Waals surface area contributed by atoms with Crippen LogP contribution in [0.2, 0.25) is 5.02 Å². The number of imidazole rings is 1. The molecule has 1 N–H and O–H groups in total. The molecular formula is C24H22ClN3O. The zero-order valence-corrected chi connectivity index (χ0v) is 16.9. The maximum atomic E-state index is 13.7. The third-order valence-corrected chi connectivity index (χ3v) is 5.51. The largest absolute Gasteiger partial charge is 0.301 e. The minimum absolute atomic E-state index is 0.0153. The predicted molar refractivity (Wildman–Crippen MR) is 116 cm³/mol. The summed E-state index contributed by atoms with van der Waals surface area (Å²) in [4.78, 5) is 18.1. The van der Waals surface area contributed by atoms with E-state index in [4.69, 9.17) is 11.6 Å². The van der Waals surface area contributed by atoms with Crippen molar-refractivity contribution in [3.8, 4) is 0 Å². The van der Waals surface area contributed by atoms with Gasteiger partial charge < -0.3 is 5.32 Å². The summed E-state index contributed by atoms with van der Waals surface area (Å²) in [5.74, 6) is -0.0153. The molecule has 0 aliphatic heterocycles. The highest BCUT2D eigenvalue weighted by molar-refractivity contribution is 6.30. The summed E-state index contributed by atoms with van der Waals surface area (Å²) in [5, 5.41) is 4.23. The van der Waals surface area contributed by atoms with E-state index in [1.54, 1.807) is 6.20 Å². The van der Waals surface area contributed by atoms with E-state index in [1.807, 2.05) is 90.3 Å². The molecule has 4 rings (SSSR count). The van der Waals surface area contributed by atoms with Crippen molar-refractivity contribution < 1.29 is 4.79 Å². The van der Waals surface area contributed by atoms with E-state index in [2.05, 4.69) is 10.3 Å². The lowest BCUT2D eigenvalue weighted by atomic mass is 9.86. The van der Waals surface area contributed by atoms with Gasteiger partial charge in [0.05, 0.1) is 6.20 Å². The summed E-state index contributed by atoms with van der Waals surface area (Å²) in [5.41, 5.74) is 2.53. The minimum Gasteiger partial charge on any atom is -0.301 e. The Morgan fingerprint density at radius 1 is 1.03 bits per heavy atom. The fourth-order valence-electron chi connectivity index (χ4n) is 3.55. The first-order valence-electron chi connectivity index (χ1n) is 9.60. The van der Waals surface area contributed by atoms with Crippen LogP contribution in [-0.2, 0) is 12.0 Å². The third-order valence-electron chi connectivity index (χ3n) is 5.26. The summed E-state index contributed by atoms with van der Waals surface area (Å²) in [6, 6.07) is 23.3. The maximum absolute atomic E-state index is 13.7. The third kappa shape index (κ3) is 3.95. The highest BCUT2D eigenvalue weighted by atomic mass is 35.5. The number of carbonyl (C=O) groups is 1. The fraction of sp³-hybridized carbons (Fsp3) is 0.167. The zero-order valence-electron chi connectivity index (χ0n) is 16.2. The molecule has 2 heterocycles. The van der Waals surface area contributed by atoms with Crippen LogP contribution in [0.5, 0.6) is 0 Å². The van der Waals surface area contributed by atoms with Crippen molar-refractivity contribution in [1.29, 1.82) is 0 Å². The molecule has 4 aromatic rings. The first-order valence-corrected chi connectivity index (χ1v) is 9.97. The van der Waals surface area contributed by atoms with Crippen LogP contribution < -0.4 is 5.32 Å². The molecule has 0 amide bonds. The Morgan fingerprint density at radius 2 is 1.76 bits per heavy atom. The number of pyridine rings is 1. The predicted octanol–water partition coefficient (Wildman–Crippen LogP) is 4.92. The van der Waals surface area contributed by atoms with Gasteiger partial charge in [0.1, 0.15) is 16.9 Å². The molecule has 0 bridgehead atoms. The fourth-order valence-corrected chi connectivity index (χ4v) is 3.68. The van der Waals surface area contributed by atoms with Crippen LogP contribution in [0.4, 0.5) is 0 Å². The zero-order chi connectivity index (χ0) is 20.3. The van der Waals surface area contributed by atoms with Gasteiger partial charge in [0.15, 0.2) is 0 Å². The van der Waals surface area contributed by atoms with Gasteiger partial charge in [-0.05, 0) is 48.7 Å². The minimum atomic E-state index is -0.876. The van der Waals surface area contributed by atoms with E-state index in [9.17, 15) is 4.79 Å². The van der Waals surface area contributed by atoms with Crippen molar-refractivity contribution in [2.75, 3.05) is 6.54 Å². The molecule has 2 aromatic heterocycles. The SMILES string of the molecule is CC(NCCc1ccc(Cl)cc1)(C(=O)c1cnc2ccccn12)c1ccccc1. The average Bonchev–Trinajstić information content (AvgIpc) is 3.19. The Morgan fingerprint density at radius 3 is 2.52 bits per heavy atom. The molecule has 29 heavy (non-hydrogen) atoms. The summed E-state index contributed by atoms with van der Waals surface area (Å²) in [6.45, 7) is 2.59. The average molecular weight is 404 g/mol. The topological polar surface area (TPSA) is 46.4 Å². The Bertz CT molecular complexity index is 1120. The van der Waals surface area contributed by atoms with Gasteiger partial charge >= 0.3 is 0 Å². The van der Waals surface area contributed by atoms with Gasteiger partial charge in [0.2, 0.25) is 5.78 Å². The monoisotopic (exact) mass is 403 g/mol. The van der Waals surface area contributed by atoms with Crippen LogP contribution >= 0.6 is 11.6 Å². The Kier molecular flexibility index (Phi) is 5.47. The van der Waals surface area contributed by atoms with Crippen molar-refractivity contribution >= 4 is 23.0 Å². The number of aromatic nitrogens is 2. The van der Waals surface area contributed by atoms with E-state index in [1.165, 1.54) is 5.56 Å². The van der Waals surface area contributed by atoms with Crippen LogP contribution in [0.15, 0.2) is 85.2 Å². The van der Waals surface area contributed by atoms with Gasteiger partial charge in [-0.3, -0.25) is 9.20 Å². The molecule has 4 nitrogen and oxygen atoms in total. The molecule has 5 heteroatoms. The molecule has 146 valence electrons. The summed E-state index contributed by atoms with van der Waals surface area (Å²) >= 11 is 5.98. The molecule has 0 spiro atoms. The van der Waals surface area contributed by atoms with E-state index in [0.29, 0.717) is 12.2 Å². The first-order chi connectivity index (χ1) is 14.1. The van der Waals surface area contributed by atoms with Crippen LogP contribution in [0.1, 0.15) is 28.5 Å². The number of hydrogen-bond donors (Lipinski definition) is 1. The number of halogens is 1. The van der Waals surface area contributed by atoms with Crippen LogP contribution in [-0.4, -0.2) is 21.7 Å². The number of benzene rings is 2. The second kappa shape index (κ2) is 8.19. The van der Waals surface area contributed by atoms with Crippen LogP contribution in [0, 0.1) is 0 Å². The highest BCUT2D eigenvalue weighted by Gasteiger charge is 2.36. The van der Waals surface area contributed by atoms with Crippen molar-refractivity contribution in [1.82, 2.24) is 14.7 Å². The van der Waals surface area contributed by atoms with E-state index in [-0.39, 0.29) is 5.78 Å². The van der Waals surface area contributed by atoms with E-state index in [0.717, 1.165) is 22.7 Å². The van der Waals surface area contributed by atoms with Gasteiger partial charge in [0.25, 0.3) is 0 Å². The lowest BCUT2D eigenvalue weighted by Crippen LogP contribution is -2.48. The lowest BCUT2D eigenvalue weighted by Gasteiger charge is -2.30. The molecule has 2 aromatic carbocycles. The Balaban J connectivity index is 1.63. The van der Waals surface area contributed by atoms with Crippen LogP contribution in [0.25, 0.3) is 5.65 Å². The quantitative estimate of drug-likeness (QED) is 0.445. The van der Waals surface area contributed by atoms with Gasteiger partial charge in [-0.2, -0.15) is 0 Å². The van der Waals surface area contributed by atoms with Gasteiger partial charge in [-0.25, -0.2) is 4.98 Å². The van der Waals surface area contributed by atoms with Crippen molar-refractivity contribution in [3.05, 3.63) is 107 Å². The summed E-state index contributed by atoms with van der Waals surface area (Å²) < 4.78 is 1.84. The standard InChI is InChI=1S/C24H22ClN3O/c1-24(19-7-3-2-4-8-19,27-15-14-18-10-12-20(25)13-11-18)23(29)21-17-26-22-9-5-6-16-28(21)22/h2-13,16-17,27H,14-15H2,1H3. The van der Waals surface area contributed by atoms with Gasteiger partial charge in [-0.1, -0.05) is 60.1 Å². The normalized spacial score (nSPS) is 13.3. The van der Waals surface area contributed by atoms with Gasteiger partial charge in [-0.15, -0.1) is 0 Å². The highest BCUT2D eigenvalue weighted by Crippen LogP contribution is 2.26. The Labute approximate surface area is 175 Å². The number of rotatable bonds is 7. The molecule has 0 aliphatic carbocycles. The molecule has 1 unspecified atom stereocenters. The van der Waals surface area contributed by atoms with Gasteiger partial charge in [0, 0.05) is 17.8 Å². The Hall–Kier alpha value is -2.95. The summed E-state index contributed by atoms with van der Waals surface area (Å²) in [7, 11) is 0. The van der Waals surface area contributed by atoms with E-state index < -0.39 is 5.54 Å². The number of carbonyl (C=O) groups excluding carboxylic acids is 1. The second-order valence-corrected chi connectivity index (χ2v) is 7.63. The van der Waals surface area contributed by atoms with Crippen molar-refractivity contribution in [2.45, 2.75) is 18.9 Å². The molecule has 1 atom stereocenters. The number of fused-ring (bicyclic) bond motifs is 1. The van der Waals surface area contributed by atoms with Crippen molar-refractivity contribution in [3.63, 3.8) is 0 Å². The second-order valence-electron chi connectivity index (χ2n) is 7.20. The number of nitrogens with one attached hydrogen (secondary N) is 1. The van der Waals surface area contributed by atoms with Crippen molar-refractivity contribution in [2.24, 2.45) is 0 Å². The lowest BCUT2D eigenvalue weighted by molar-refractivity contribution is 0.0858. The summed E-state index contributed by atoms with van der Waals surface area (Å²) in [6.07, 6.45) is 4.31.